The van der Waals surface area contributed by atoms with E-state index in [1.165, 1.54) is 159 Å². The van der Waals surface area contributed by atoms with Crippen molar-refractivity contribution in [2.45, 2.75) is 169 Å². The highest BCUT2D eigenvalue weighted by molar-refractivity contribution is 4.57. The van der Waals surface area contributed by atoms with Crippen molar-refractivity contribution in [2.24, 2.45) is 11.8 Å². The fourth-order valence-corrected chi connectivity index (χ4v) is 5.54. The van der Waals surface area contributed by atoms with Gasteiger partial charge in [0.25, 0.3) is 0 Å². The van der Waals surface area contributed by atoms with Crippen LogP contribution in [0.2, 0.25) is 0 Å². The van der Waals surface area contributed by atoms with Crippen LogP contribution in [0.1, 0.15) is 169 Å². The van der Waals surface area contributed by atoms with Crippen LogP contribution in [0.5, 0.6) is 0 Å². The minimum absolute atomic E-state index is 0.907. The van der Waals surface area contributed by atoms with Gasteiger partial charge in [-0.05, 0) is 43.9 Å². The van der Waals surface area contributed by atoms with Crippen molar-refractivity contribution in [3.8, 4) is 0 Å². The van der Waals surface area contributed by atoms with Crippen molar-refractivity contribution in [3.63, 3.8) is 0 Å². The third-order valence-corrected chi connectivity index (χ3v) is 8.19. The molecule has 0 aromatic rings. The van der Waals surface area contributed by atoms with E-state index in [1.54, 1.807) is 0 Å². The lowest BCUT2D eigenvalue weighted by molar-refractivity contribution is -0.910. The van der Waals surface area contributed by atoms with E-state index in [-0.39, 0.29) is 0 Å². The second-order valence-electron chi connectivity index (χ2n) is 12.1. The van der Waals surface area contributed by atoms with Crippen LogP contribution in [0.25, 0.3) is 0 Å². The summed E-state index contributed by atoms with van der Waals surface area (Å²) >= 11 is 0. The molecule has 0 aliphatic carbocycles. The van der Waals surface area contributed by atoms with Gasteiger partial charge in [-0.25, -0.2) is 0 Å². The zero-order valence-electron chi connectivity index (χ0n) is 24.6. The number of quaternary nitrogens is 1. The van der Waals surface area contributed by atoms with Gasteiger partial charge in [-0.15, -0.1) is 0 Å². The highest BCUT2D eigenvalue weighted by Crippen LogP contribution is 2.20. The maximum atomic E-state index is 2.58. The summed E-state index contributed by atoms with van der Waals surface area (Å²) < 4.78 is 1.35. The highest BCUT2D eigenvalue weighted by Gasteiger charge is 2.21. The Morgan fingerprint density at radius 1 is 0.394 bits per heavy atom. The molecule has 0 heterocycles. The predicted molar refractivity (Wildman–Crippen MR) is 153 cm³/mol. The van der Waals surface area contributed by atoms with E-state index in [0.29, 0.717) is 0 Å². The molecular formula is C32H68N+. The Kier molecular flexibility index (Phi) is 23.7. The van der Waals surface area contributed by atoms with Gasteiger partial charge in [0.05, 0.1) is 26.7 Å². The fraction of sp³-hybridized carbons (Fsp3) is 1.00. The van der Waals surface area contributed by atoms with E-state index >= 15 is 0 Å². The molecule has 0 aliphatic rings. The Morgan fingerprint density at radius 3 is 1.30 bits per heavy atom. The Morgan fingerprint density at radius 2 is 0.788 bits per heavy atom. The summed E-state index contributed by atoms with van der Waals surface area (Å²) in [5.41, 5.74) is 0. The van der Waals surface area contributed by atoms with Crippen LogP contribution in [0.15, 0.2) is 0 Å². The fourth-order valence-electron chi connectivity index (χ4n) is 5.54. The van der Waals surface area contributed by atoms with Gasteiger partial charge >= 0.3 is 0 Å². The van der Waals surface area contributed by atoms with E-state index in [0.717, 1.165) is 11.8 Å². The van der Waals surface area contributed by atoms with Gasteiger partial charge in [-0.2, -0.15) is 0 Å². The molecule has 33 heavy (non-hydrogen) atoms. The molecule has 0 aromatic carbocycles. The normalized spacial score (nSPS) is 15.5. The minimum Gasteiger partial charge on any atom is -0.326 e. The first-order valence-corrected chi connectivity index (χ1v) is 15.8. The van der Waals surface area contributed by atoms with Crippen molar-refractivity contribution < 1.29 is 4.48 Å². The summed E-state index contributed by atoms with van der Waals surface area (Å²) in [5, 5.41) is 0. The monoisotopic (exact) mass is 467 g/mol. The largest absolute Gasteiger partial charge is 0.326 e. The van der Waals surface area contributed by atoms with Gasteiger partial charge in [0.15, 0.2) is 0 Å². The summed E-state index contributed by atoms with van der Waals surface area (Å²) in [4.78, 5) is 0. The molecule has 1 heteroatoms. The van der Waals surface area contributed by atoms with Crippen molar-refractivity contribution in [3.05, 3.63) is 0 Å². The standard InChI is InChI=1S/C32H68N/c1-7-10-12-13-14-15-16-18-22-28-33(6,30-27-31(4)24-9-3)29-23-19-17-21-26-32(5)25-20-11-8-2/h31-32H,7-30H2,1-6H3/q+1. The van der Waals surface area contributed by atoms with Gasteiger partial charge in [0.2, 0.25) is 0 Å². The van der Waals surface area contributed by atoms with Crippen molar-refractivity contribution in [2.75, 3.05) is 26.7 Å². The lowest BCUT2D eigenvalue weighted by atomic mass is 9.96. The molecule has 0 rings (SSSR count). The number of nitrogens with zero attached hydrogens (tertiary/aromatic N) is 1. The highest BCUT2D eigenvalue weighted by atomic mass is 15.3. The van der Waals surface area contributed by atoms with Crippen LogP contribution in [0, 0.1) is 11.8 Å². The predicted octanol–water partition coefficient (Wildman–Crippen LogP) is 11.0. The molecule has 3 unspecified atom stereocenters. The van der Waals surface area contributed by atoms with Gasteiger partial charge in [0, 0.05) is 0 Å². The van der Waals surface area contributed by atoms with Crippen LogP contribution >= 0.6 is 0 Å². The maximum absolute atomic E-state index is 2.58. The molecule has 0 saturated carbocycles. The van der Waals surface area contributed by atoms with Crippen LogP contribution in [0.4, 0.5) is 0 Å². The molecule has 0 N–H and O–H groups in total. The Labute approximate surface area is 212 Å². The van der Waals surface area contributed by atoms with E-state index in [1.807, 2.05) is 0 Å². The quantitative estimate of drug-likeness (QED) is 0.0878. The molecule has 3 atom stereocenters. The first kappa shape index (κ1) is 33.0. The van der Waals surface area contributed by atoms with Crippen molar-refractivity contribution in [1.29, 1.82) is 0 Å². The summed E-state index contributed by atoms with van der Waals surface area (Å²) in [5.74, 6) is 1.86. The summed E-state index contributed by atoms with van der Waals surface area (Å²) in [7, 11) is 2.58. The molecule has 0 bridgehead atoms. The third kappa shape index (κ3) is 22.2. The lowest BCUT2D eigenvalue weighted by Gasteiger charge is -2.36. The molecule has 200 valence electrons. The topological polar surface area (TPSA) is 0 Å². The maximum Gasteiger partial charge on any atom is 0.0787 e. The van der Waals surface area contributed by atoms with E-state index in [9.17, 15) is 0 Å². The molecule has 0 amide bonds. The smallest absolute Gasteiger partial charge is 0.0787 e. The number of hydrogen-bond acceptors (Lipinski definition) is 0. The zero-order valence-corrected chi connectivity index (χ0v) is 24.6. The van der Waals surface area contributed by atoms with E-state index < -0.39 is 0 Å². The van der Waals surface area contributed by atoms with Gasteiger partial charge < -0.3 is 4.48 Å². The van der Waals surface area contributed by atoms with Crippen LogP contribution in [-0.4, -0.2) is 31.2 Å². The second-order valence-corrected chi connectivity index (χ2v) is 12.1. The van der Waals surface area contributed by atoms with Crippen LogP contribution in [0.3, 0.4) is 0 Å². The summed E-state index contributed by atoms with van der Waals surface area (Å²) in [6.07, 6.45) is 30.2. The van der Waals surface area contributed by atoms with Gasteiger partial charge in [-0.3, -0.25) is 0 Å². The van der Waals surface area contributed by atoms with Crippen molar-refractivity contribution in [1.82, 2.24) is 0 Å². The zero-order chi connectivity index (χ0) is 24.6. The number of unbranched alkanes of at least 4 members (excludes halogenated alkanes) is 13. The minimum atomic E-state index is 0.907. The Balaban J connectivity index is 4.12. The van der Waals surface area contributed by atoms with Crippen molar-refractivity contribution >= 4 is 0 Å². The molecule has 0 aromatic heterocycles. The van der Waals surface area contributed by atoms with Gasteiger partial charge in [-0.1, -0.05) is 137 Å². The molecule has 0 radical (unpaired) electrons. The Hall–Kier alpha value is -0.0400. The van der Waals surface area contributed by atoms with Gasteiger partial charge in [0.1, 0.15) is 0 Å². The average Bonchev–Trinajstić information content (AvgIpc) is 2.79. The number of rotatable bonds is 26. The van der Waals surface area contributed by atoms with E-state index in [4.69, 9.17) is 0 Å². The van der Waals surface area contributed by atoms with Crippen LogP contribution < -0.4 is 0 Å². The molecule has 0 aliphatic heterocycles. The molecule has 0 fully saturated rings. The number of hydrogen-bond donors (Lipinski definition) is 0. The first-order chi connectivity index (χ1) is 16.0. The molecular weight excluding hydrogens is 398 g/mol. The van der Waals surface area contributed by atoms with E-state index in [2.05, 4.69) is 41.7 Å². The second kappa shape index (κ2) is 23.7. The molecule has 0 saturated heterocycles. The molecule has 0 spiro atoms. The first-order valence-electron chi connectivity index (χ1n) is 15.8. The SMILES string of the molecule is CCCCCCCCCCC[N+](C)(CCCCCCC(C)CCCCC)CCC(C)CCC. The van der Waals surface area contributed by atoms with Crippen LogP contribution in [-0.2, 0) is 0 Å². The third-order valence-electron chi connectivity index (χ3n) is 8.19. The molecule has 1 nitrogen and oxygen atoms in total. The summed E-state index contributed by atoms with van der Waals surface area (Å²) in [6.45, 7) is 16.2. The Bertz CT molecular complexity index is 379. The average molecular weight is 467 g/mol. The summed E-state index contributed by atoms with van der Waals surface area (Å²) in [6, 6.07) is 0. The lowest BCUT2D eigenvalue weighted by Crippen LogP contribution is -2.46.